The molecule has 0 radical (unpaired) electrons. The van der Waals surface area contributed by atoms with Crippen molar-refractivity contribution in [3.63, 3.8) is 0 Å². The van der Waals surface area contributed by atoms with Gasteiger partial charge >= 0.3 is 0 Å². The fourth-order valence-electron chi connectivity index (χ4n) is 3.51. The molecule has 1 aromatic rings. The number of rotatable bonds is 5. The van der Waals surface area contributed by atoms with Crippen molar-refractivity contribution in [1.82, 2.24) is 0 Å². The normalized spacial score (nSPS) is 28.3. The van der Waals surface area contributed by atoms with E-state index in [9.17, 15) is 0 Å². The molecular weight excluding hydrogens is 270 g/mol. The maximum absolute atomic E-state index is 6.55. The lowest BCUT2D eigenvalue weighted by atomic mass is 9.73. The van der Waals surface area contributed by atoms with Crippen LogP contribution in [0.3, 0.4) is 0 Å². The second-order valence-electron chi connectivity index (χ2n) is 6.14. The van der Waals surface area contributed by atoms with Crippen molar-refractivity contribution in [2.24, 2.45) is 11.7 Å². The zero-order chi connectivity index (χ0) is 14.6. The molecule has 0 aliphatic heterocycles. The Bertz CT molecular complexity index is 433. The van der Waals surface area contributed by atoms with Crippen LogP contribution in [0, 0.1) is 5.92 Å². The Hall–Kier alpha value is -0.570. The van der Waals surface area contributed by atoms with Gasteiger partial charge in [0.15, 0.2) is 0 Å². The number of ether oxygens (including phenoxy) is 1. The van der Waals surface area contributed by atoms with Crippen LogP contribution in [0.4, 0.5) is 0 Å². The van der Waals surface area contributed by atoms with Crippen molar-refractivity contribution in [2.45, 2.75) is 57.6 Å². The SMILES string of the molecule is CCOC1(C(N)Cc2cccc(Cl)c2)CCCC(C)C1. The van der Waals surface area contributed by atoms with Crippen molar-refractivity contribution >= 4 is 11.6 Å². The zero-order valence-corrected chi connectivity index (χ0v) is 13.3. The fraction of sp³-hybridized carbons (Fsp3) is 0.647. The van der Waals surface area contributed by atoms with Crippen LogP contribution >= 0.6 is 11.6 Å². The maximum Gasteiger partial charge on any atom is 0.0838 e. The summed E-state index contributed by atoms with van der Waals surface area (Å²) in [5.74, 6) is 0.695. The molecule has 1 aliphatic rings. The molecule has 2 N–H and O–H groups in total. The van der Waals surface area contributed by atoms with Crippen LogP contribution in [0.5, 0.6) is 0 Å². The summed E-state index contributed by atoms with van der Waals surface area (Å²) in [6.45, 7) is 5.10. The van der Waals surface area contributed by atoms with Gasteiger partial charge in [0.25, 0.3) is 0 Å². The highest BCUT2D eigenvalue weighted by molar-refractivity contribution is 6.30. The Morgan fingerprint density at radius 2 is 2.30 bits per heavy atom. The van der Waals surface area contributed by atoms with Crippen molar-refractivity contribution in [3.05, 3.63) is 34.9 Å². The Balaban J connectivity index is 2.12. The molecule has 0 saturated heterocycles. The van der Waals surface area contributed by atoms with Gasteiger partial charge in [0, 0.05) is 17.7 Å². The van der Waals surface area contributed by atoms with E-state index in [1.165, 1.54) is 18.4 Å². The summed E-state index contributed by atoms with van der Waals surface area (Å²) in [4.78, 5) is 0. The third kappa shape index (κ3) is 3.75. The molecule has 1 fully saturated rings. The largest absolute Gasteiger partial charge is 0.374 e. The summed E-state index contributed by atoms with van der Waals surface area (Å²) < 4.78 is 6.15. The molecular formula is C17H26ClNO. The number of halogens is 1. The van der Waals surface area contributed by atoms with E-state index >= 15 is 0 Å². The molecule has 0 bridgehead atoms. The quantitative estimate of drug-likeness (QED) is 0.884. The van der Waals surface area contributed by atoms with Gasteiger partial charge in [-0.25, -0.2) is 0 Å². The van der Waals surface area contributed by atoms with Gasteiger partial charge < -0.3 is 10.5 Å². The van der Waals surface area contributed by atoms with E-state index in [0.29, 0.717) is 5.92 Å². The minimum atomic E-state index is -0.158. The van der Waals surface area contributed by atoms with E-state index in [1.807, 2.05) is 18.2 Å². The third-order valence-corrected chi connectivity index (χ3v) is 4.68. The number of nitrogens with two attached hydrogens (primary N) is 1. The van der Waals surface area contributed by atoms with E-state index < -0.39 is 0 Å². The maximum atomic E-state index is 6.55. The van der Waals surface area contributed by atoms with Gasteiger partial charge in [0.05, 0.1) is 5.60 Å². The molecule has 112 valence electrons. The first kappa shape index (κ1) is 15.8. The minimum Gasteiger partial charge on any atom is -0.374 e. The van der Waals surface area contributed by atoms with E-state index in [2.05, 4.69) is 19.9 Å². The fourth-order valence-corrected chi connectivity index (χ4v) is 3.72. The molecule has 20 heavy (non-hydrogen) atoms. The van der Waals surface area contributed by atoms with E-state index in [4.69, 9.17) is 22.1 Å². The molecule has 3 heteroatoms. The highest BCUT2D eigenvalue weighted by Gasteiger charge is 2.40. The average molecular weight is 296 g/mol. The molecule has 3 atom stereocenters. The van der Waals surface area contributed by atoms with Crippen LogP contribution in [0.25, 0.3) is 0 Å². The summed E-state index contributed by atoms with van der Waals surface area (Å²) in [5, 5.41) is 0.775. The molecule has 3 unspecified atom stereocenters. The van der Waals surface area contributed by atoms with Gasteiger partial charge in [0.1, 0.15) is 0 Å². The highest BCUT2D eigenvalue weighted by atomic mass is 35.5. The van der Waals surface area contributed by atoms with E-state index in [1.54, 1.807) is 0 Å². The third-order valence-electron chi connectivity index (χ3n) is 4.44. The monoisotopic (exact) mass is 295 g/mol. The molecule has 1 saturated carbocycles. The number of benzene rings is 1. The zero-order valence-electron chi connectivity index (χ0n) is 12.6. The second-order valence-corrected chi connectivity index (χ2v) is 6.58. The molecule has 0 aromatic heterocycles. The molecule has 1 aromatic carbocycles. The predicted molar refractivity (Wildman–Crippen MR) is 85.1 cm³/mol. The Morgan fingerprint density at radius 1 is 1.50 bits per heavy atom. The number of hydrogen-bond donors (Lipinski definition) is 1. The van der Waals surface area contributed by atoms with E-state index in [-0.39, 0.29) is 11.6 Å². The van der Waals surface area contributed by atoms with Gasteiger partial charge in [-0.3, -0.25) is 0 Å². The summed E-state index contributed by atoms with van der Waals surface area (Å²) in [6, 6.07) is 8.02. The van der Waals surface area contributed by atoms with Crippen LogP contribution in [-0.2, 0) is 11.2 Å². The van der Waals surface area contributed by atoms with Crippen molar-refractivity contribution in [2.75, 3.05) is 6.61 Å². The standard InChI is InChI=1S/C17H26ClNO/c1-3-20-17(9-5-6-13(2)12-17)16(19)11-14-7-4-8-15(18)10-14/h4,7-8,10,13,16H,3,5-6,9,11-12,19H2,1-2H3. The summed E-state index contributed by atoms with van der Waals surface area (Å²) >= 11 is 6.06. The molecule has 2 rings (SSSR count). The van der Waals surface area contributed by atoms with Crippen LogP contribution in [0.2, 0.25) is 5.02 Å². The summed E-state index contributed by atoms with van der Waals surface area (Å²) in [5.41, 5.74) is 7.58. The first-order valence-electron chi connectivity index (χ1n) is 7.70. The topological polar surface area (TPSA) is 35.2 Å². The van der Waals surface area contributed by atoms with Crippen LogP contribution in [0.1, 0.15) is 45.1 Å². The van der Waals surface area contributed by atoms with Crippen LogP contribution in [0.15, 0.2) is 24.3 Å². The van der Waals surface area contributed by atoms with Crippen molar-refractivity contribution in [1.29, 1.82) is 0 Å². The predicted octanol–water partition coefficient (Wildman–Crippen LogP) is 4.20. The summed E-state index contributed by atoms with van der Waals surface area (Å²) in [6.07, 6.45) is 5.48. The van der Waals surface area contributed by atoms with Gasteiger partial charge in [-0.15, -0.1) is 0 Å². The average Bonchev–Trinajstić information content (AvgIpc) is 2.39. The smallest absolute Gasteiger partial charge is 0.0838 e. The lowest BCUT2D eigenvalue weighted by Gasteiger charge is -2.44. The van der Waals surface area contributed by atoms with Gasteiger partial charge in [-0.05, 0) is 49.8 Å². The minimum absolute atomic E-state index is 0.0312. The van der Waals surface area contributed by atoms with Crippen LogP contribution in [-0.4, -0.2) is 18.2 Å². The Labute approximate surface area is 127 Å². The second kappa shape index (κ2) is 6.93. The van der Waals surface area contributed by atoms with Crippen molar-refractivity contribution in [3.8, 4) is 0 Å². The van der Waals surface area contributed by atoms with Gasteiger partial charge in [-0.1, -0.05) is 43.5 Å². The van der Waals surface area contributed by atoms with E-state index in [0.717, 1.165) is 30.9 Å². The number of hydrogen-bond acceptors (Lipinski definition) is 2. The lowest BCUT2D eigenvalue weighted by molar-refractivity contribution is -0.0925. The molecule has 0 amide bonds. The Morgan fingerprint density at radius 3 is 2.95 bits per heavy atom. The summed E-state index contributed by atoms with van der Waals surface area (Å²) in [7, 11) is 0. The van der Waals surface area contributed by atoms with Gasteiger partial charge in [0.2, 0.25) is 0 Å². The van der Waals surface area contributed by atoms with Crippen molar-refractivity contribution < 1.29 is 4.74 Å². The Kier molecular flexibility index (Phi) is 5.48. The molecule has 0 heterocycles. The molecule has 0 spiro atoms. The lowest BCUT2D eigenvalue weighted by Crippen LogP contribution is -2.53. The van der Waals surface area contributed by atoms with Crippen LogP contribution < -0.4 is 5.73 Å². The van der Waals surface area contributed by atoms with Gasteiger partial charge in [-0.2, -0.15) is 0 Å². The highest BCUT2D eigenvalue weighted by Crippen LogP contribution is 2.38. The first-order chi connectivity index (χ1) is 9.55. The first-order valence-corrected chi connectivity index (χ1v) is 8.07. The molecule has 1 aliphatic carbocycles. The molecule has 2 nitrogen and oxygen atoms in total.